The minimum Gasteiger partial charge on any atom is -1.00 e. The molecule has 2 aromatic rings. The van der Waals surface area contributed by atoms with Gasteiger partial charge in [-0.1, -0.05) is 24.3 Å². The first kappa shape index (κ1) is 21.4. The number of halogens is 2. The number of amides is 2. The van der Waals surface area contributed by atoms with Crippen molar-refractivity contribution in [3.8, 4) is 0 Å². The topological polar surface area (TPSA) is 87.6 Å². The minimum atomic E-state index is -0.328. The summed E-state index contributed by atoms with van der Waals surface area (Å²) in [7, 11) is 0. The number of imide groups is 1. The third kappa shape index (κ3) is 3.13. The Morgan fingerprint density at radius 3 is 2.77 bits per heavy atom. The molecule has 1 aromatic heterocycles. The number of carbonyl (C=O) groups is 2. The molecule has 0 spiro atoms. The summed E-state index contributed by atoms with van der Waals surface area (Å²) in [5, 5.41) is 7.91. The summed E-state index contributed by atoms with van der Waals surface area (Å²) in [5.41, 5.74) is 4.97. The fourth-order valence-corrected chi connectivity index (χ4v) is 4.82. The number of allylic oxidation sites excluding steroid dienone is 2. The summed E-state index contributed by atoms with van der Waals surface area (Å²) < 4.78 is 2.23. The molecule has 1 unspecified atom stereocenters. The number of fused-ring (bicyclic) bond motifs is 1. The molecule has 4 aliphatic heterocycles. The van der Waals surface area contributed by atoms with Gasteiger partial charge in [0, 0.05) is 28.9 Å². The van der Waals surface area contributed by atoms with Gasteiger partial charge in [0.2, 0.25) is 0 Å². The van der Waals surface area contributed by atoms with Gasteiger partial charge in [-0.3, -0.25) is 25.1 Å². The molecular formula is C22H21Cl2N5O2. The van der Waals surface area contributed by atoms with Crippen molar-refractivity contribution in [2.75, 3.05) is 6.54 Å². The second-order valence-corrected chi connectivity index (χ2v) is 7.73. The molecule has 31 heavy (non-hydrogen) atoms. The Labute approximate surface area is 191 Å². The lowest BCUT2D eigenvalue weighted by molar-refractivity contribution is -0.670. The highest BCUT2D eigenvalue weighted by molar-refractivity contribution is 6.38. The van der Waals surface area contributed by atoms with Crippen molar-refractivity contribution in [1.82, 2.24) is 14.8 Å². The molecule has 1 aromatic carbocycles. The molecule has 0 radical (unpaired) electrons. The van der Waals surface area contributed by atoms with Crippen LogP contribution in [0.4, 0.5) is 0 Å². The predicted octanol–water partition coefficient (Wildman–Crippen LogP) is -6.73. The second kappa shape index (κ2) is 8.01. The molecule has 0 aliphatic carbocycles. The normalized spacial score (nSPS) is 21.5. The molecule has 5 N–H and O–H groups in total. The Morgan fingerprint density at radius 1 is 1.06 bits per heavy atom. The maximum atomic E-state index is 12.9. The van der Waals surface area contributed by atoms with Crippen molar-refractivity contribution in [3.05, 3.63) is 77.4 Å². The Bertz CT molecular complexity index is 1220. The fraction of sp³-hybridized carbons (Fsp3) is 0.182. The molecule has 5 heterocycles. The molecule has 0 fully saturated rings. The zero-order chi connectivity index (χ0) is 19.5. The van der Waals surface area contributed by atoms with E-state index in [1.807, 2.05) is 47.0 Å². The van der Waals surface area contributed by atoms with E-state index in [1.54, 1.807) is 0 Å². The summed E-state index contributed by atoms with van der Waals surface area (Å²) in [4.78, 5) is 27.8. The summed E-state index contributed by atoms with van der Waals surface area (Å²) in [6.07, 6.45) is 12.0. The van der Waals surface area contributed by atoms with Gasteiger partial charge in [-0.15, -0.1) is 0 Å². The molecule has 2 amide bonds. The zero-order valence-corrected chi connectivity index (χ0v) is 18.0. The largest absolute Gasteiger partial charge is 1.00 e. The number of nitrogens with two attached hydrogens (primary N) is 2. The lowest BCUT2D eigenvalue weighted by Crippen LogP contribution is -3.00. The van der Waals surface area contributed by atoms with Crippen molar-refractivity contribution >= 4 is 28.3 Å². The van der Waals surface area contributed by atoms with Crippen molar-refractivity contribution in [2.45, 2.75) is 19.3 Å². The van der Waals surface area contributed by atoms with Crippen molar-refractivity contribution in [1.29, 1.82) is 0 Å². The number of hydrogen-bond acceptors (Lipinski definition) is 3. The standard InChI is InChI=1S/C22H19N5O2.2ClH/c28-21-18(15-12-26-9-7-23-10-13-4-3-5-14(15)20(13)26)19(22(29)25-21)16-11-24-17-6-1-2-8-27(16)17;;/h1-6,8,11-12,17,23-24H,7,9-10H2,(H,25,28,29);2*1H. The lowest BCUT2D eigenvalue weighted by Gasteiger charge is -2.22. The van der Waals surface area contributed by atoms with Crippen molar-refractivity contribution in [3.63, 3.8) is 0 Å². The Morgan fingerprint density at radius 2 is 1.90 bits per heavy atom. The monoisotopic (exact) mass is 457 g/mol. The van der Waals surface area contributed by atoms with Crippen LogP contribution in [0.2, 0.25) is 0 Å². The molecular weight excluding hydrogens is 437 g/mol. The van der Waals surface area contributed by atoms with E-state index in [0.717, 1.165) is 36.3 Å². The van der Waals surface area contributed by atoms with Gasteiger partial charge in [0.25, 0.3) is 11.8 Å². The van der Waals surface area contributed by atoms with Crippen molar-refractivity contribution in [2.24, 2.45) is 0 Å². The zero-order valence-electron chi connectivity index (χ0n) is 16.5. The summed E-state index contributed by atoms with van der Waals surface area (Å²) in [6, 6.07) is 6.23. The Kier molecular flexibility index (Phi) is 5.53. The van der Waals surface area contributed by atoms with Crippen LogP contribution in [-0.2, 0) is 22.7 Å². The summed E-state index contributed by atoms with van der Waals surface area (Å²) in [6.45, 7) is 2.79. The number of hydrogen-bond donors (Lipinski definition) is 3. The van der Waals surface area contributed by atoms with Gasteiger partial charge < -0.3 is 34.7 Å². The molecule has 1 atom stereocenters. The van der Waals surface area contributed by atoms with E-state index < -0.39 is 0 Å². The number of rotatable bonds is 2. The molecule has 4 aliphatic rings. The number of aromatic nitrogens is 1. The second-order valence-electron chi connectivity index (χ2n) is 7.73. The molecule has 160 valence electrons. The first-order chi connectivity index (χ1) is 14.2. The SMILES string of the molecule is O=C1NC(=O)C(c2cn3c4c(cccc24)C[NH2+]CC3)=C1C1=C[NH2+]C2C=CC=CN12.[Cl-].[Cl-]. The number of carbonyl (C=O) groups excluding carboxylic acids is 2. The minimum absolute atomic E-state index is 0. The van der Waals surface area contributed by atoms with E-state index in [2.05, 4.69) is 33.4 Å². The summed E-state index contributed by atoms with van der Waals surface area (Å²) >= 11 is 0. The van der Waals surface area contributed by atoms with Gasteiger partial charge in [0.15, 0.2) is 6.17 Å². The number of nitrogens with zero attached hydrogens (tertiary/aromatic N) is 2. The molecule has 0 saturated heterocycles. The van der Waals surface area contributed by atoms with E-state index >= 15 is 0 Å². The van der Waals surface area contributed by atoms with Crippen molar-refractivity contribution < 1.29 is 45.0 Å². The van der Waals surface area contributed by atoms with Gasteiger partial charge in [-0.2, -0.15) is 0 Å². The van der Waals surface area contributed by atoms with Gasteiger partial charge in [-0.25, -0.2) is 0 Å². The maximum absolute atomic E-state index is 12.9. The first-order valence-corrected chi connectivity index (χ1v) is 9.94. The smallest absolute Gasteiger partial charge is 0.261 e. The highest BCUT2D eigenvalue weighted by atomic mass is 35.5. The first-order valence-electron chi connectivity index (χ1n) is 9.94. The van der Waals surface area contributed by atoms with Crippen LogP contribution in [0, 0.1) is 0 Å². The van der Waals surface area contributed by atoms with Crippen LogP contribution >= 0.6 is 0 Å². The van der Waals surface area contributed by atoms with E-state index in [0.29, 0.717) is 11.1 Å². The highest BCUT2D eigenvalue weighted by Gasteiger charge is 2.41. The Balaban J connectivity index is 0.00000116. The summed E-state index contributed by atoms with van der Waals surface area (Å²) in [5.74, 6) is -0.648. The van der Waals surface area contributed by atoms with E-state index in [-0.39, 0.29) is 42.8 Å². The lowest BCUT2D eigenvalue weighted by atomic mass is 9.97. The third-order valence-electron chi connectivity index (χ3n) is 6.09. The third-order valence-corrected chi connectivity index (χ3v) is 6.09. The van der Waals surface area contributed by atoms with Crippen LogP contribution in [0.1, 0.15) is 11.1 Å². The van der Waals surface area contributed by atoms with E-state index in [9.17, 15) is 9.59 Å². The number of benzene rings is 1. The van der Waals surface area contributed by atoms with Crippen LogP contribution in [0.15, 0.2) is 66.3 Å². The molecule has 0 saturated carbocycles. The van der Waals surface area contributed by atoms with Crippen LogP contribution in [0.25, 0.3) is 16.5 Å². The number of para-hydroxylation sites is 1. The molecule has 9 heteroatoms. The Hall–Kier alpha value is -2.84. The molecule has 0 bridgehead atoms. The fourth-order valence-electron chi connectivity index (χ4n) is 4.82. The molecule has 7 nitrogen and oxygen atoms in total. The van der Waals surface area contributed by atoms with E-state index in [1.165, 1.54) is 11.1 Å². The average Bonchev–Trinajstić information content (AvgIpc) is 3.33. The van der Waals surface area contributed by atoms with Gasteiger partial charge in [0.1, 0.15) is 18.4 Å². The van der Waals surface area contributed by atoms with Crippen LogP contribution in [0.5, 0.6) is 0 Å². The van der Waals surface area contributed by atoms with Crippen LogP contribution in [0.3, 0.4) is 0 Å². The number of nitrogens with one attached hydrogen (secondary N) is 1. The predicted molar refractivity (Wildman–Crippen MR) is 106 cm³/mol. The maximum Gasteiger partial charge on any atom is 0.261 e. The highest BCUT2D eigenvalue weighted by Crippen LogP contribution is 2.37. The molecule has 6 rings (SSSR count). The van der Waals surface area contributed by atoms with Crippen LogP contribution in [-0.4, -0.2) is 34.0 Å². The quantitative estimate of drug-likeness (QED) is 0.391. The van der Waals surface area contributed by atoms with Crippen LogP contribution < -0.4 is 40.8 Å². The average molecular weight is 458 g/mol. The van der Waals surface area contributed by atoms with Gasteiger partial charge in [-0.05, 0) is 12.2 Å². The van der Waals surface area contributed by atoms with Gasteiger partial charge in [0.05, 0.1) is 29.8 Å². The van der Waals surface area contributed by atoms with Gasteiger partial charge >= 0.3 is 0 Å². The van der Waals surface area contributed by atoms with E-state index in [4.69, 9.17) is 0 Å². The number of quaternary nitrogens is 2.